The second-order valence-corrected chi connectivity index (χ2v) is 4.33. The first-order chi connectivity index (χ1) is 9.15. The van der Waals surface area contributed by atoms with Gasteiger partial charge < -0.3 is 20.1 Å². The number of alkyl carbamates (subject to hydrolysis) is 1. The molecule has 0 radical (unpaired) electrons. The lowest BCUT2D eigenvalue weighted by Crippen LogP contribution is -2.35. The van der Waals surface area contributed by atoms with Crippen LogP contribution in [-0.4, -0.2) is 42.9 Å². The Morgan fingerprint density at radius 2 is 2.16 bits per heavy atom. The Labute approximate surface area is 111 Å². The number of rotatable bonds is 6. The lowest BCUT2D eigenvalue weighted by atomic mass is 10.2. The third-order valence-electron chi connectivity index (χ3n) is 2.89. The summed E-state index contributed by atoms with van der Waals surface area (Å²) < 4.78 is 5.08. The molecule has 1 aromatic rings. The van der Waals surface area contributed by atoms with Gasteiger partial charge in [0.1, 0.15) is 6.10 Å². The maximum Gasteiger partial charge on any atom is 0.407 e. The molecule has 6 nitrogen and oxygen atoms in total. The Kier molecular flexibility index (Phi) is 4.22. The van der Waals surface area contributed by atoms with E-state index in [9.17, 15) is 9.59 Å². The fourth-order valence-corrected chi connectivity index (χ4v) is 1.97. The normalized spacial score (nSPS) is 17.7. The number of ether oxygens (including phenoxy) is 1. The van der Waals surface area contributed by atoms with Crippen molar-refractivity contribution in [2.75, 3.05) is 24.5 Å². The average molecular weight is 264 g/mol. The Morgan fingerprint density at radius 3 is 2.74 bits per heavy atom. The van der Waals surface area contributed by atoms with Crippen molar-refractivity contribution in [1.82, 2.24) is 5.32 Å². The molecule has 1 aliphatic heterocycles. The highest BCUT2D eigenvalue weighted by Crippen LogP contribution is 2.15. The SMILES string of the molecule is O=C(O)CCN(CC1CNC(=O)O1)c1ccccc1. The van der Waals surface area contributed by atoms with Crippen molar-refractivity contribution < 1.29 is 19.4 Å². The number of nitrogens with one attached hydrogen (secondary N) is 1. The van der Waals surface area contributed by atoms with Crippen LogP contribution in [0.1, 0.15) is 6.42 Å². The maximum absolute atomic E-state index is 11.0. The Hall–Kier alpha value is -2.24. The molecule has 2 rings (SSSR count). The van der Waals surface area contributed by atoms with Gasteiger partial charge in [-0.2, -0.15) is 0 Å². The first-order valence-electron chi connectivity index (χ1n) is 6.11. The molecule has 2 N–H and O–H groups in total. The minimum atomic E-state index is -0.845. The van der Waals surface area contributed by atoms with Crippen LogP contribution in [0.5, 0.6) is 0 Å². The number of carbonyl (C=O) groups excluding carboxylic acids is 1. The number of carboxylic acids is 1. The summed E-state index contributed by atoms with van der Waals surface area (Å²) in [4.78, 5) is 23.6. The van der Waals surface area contributed by atoms with E-state index >= 15 is 0 Å². The number of benzene rings is 1. The molecule has 0 spiro atoms. The van der Waals surface area contributed by atoms with Crippen LogP contribution in [0.2, 0.25) is 0 Å². The molecule has 6 heteroatoms. The fraction of sp³-hybridized carbons (Fsp3) is 0.385. The van der Waals surface area contributed by atoms with Gasteiger partial charge in [0.25, 0.3) is 0 Å². The van der Waals surface area contributed by atoms with Gasteiger partial charge in [-0.25, -0.2) is 4.79 Å². The van der Waals surface area contributed by atoms with Crippen LogP contribution in [0.3, 0.4) is 0 Å². The molecule has 0 bridgehead atoms. The lowest BCUT2D eigenvalue weighted by Gasteiger charge is -2.26. The number of aliphatic carboxylic acids is 1. The number of carbonyl (C=O) groups is 2. The van der Waals surface area contributed by atoms with Crippen molar-refractivity contribution in [1.29, 1.82) is 0 Å². The van der Waals surface area contributed by atoms with Crippen LogP contribution in [0.4, 0.5) is 10.5 Å². The highest BCUT2D eigenvalue weighted by atomic mass is 16.6. The van der Waals surface area contributed by atoms with Crippen molar-refractivity contribution >= 4 is 17.7 Å². The zero-order valence-corrected chi connectivity index (χ0v) is 10.4. The number of cyclic esters (lactones) is 1. The molecule has 1 heterocycles. The summed E-state index contributed by atoms with van der Waals surface area (Å²) in [6, 6.07) is 9.50. The van der Waals surface area contributed by atoms with Gasteiger partial charge in [-0.05, 0) is 12.1 Å². The zero-order valence-electron chi connectivity index (χ0n) is 10.4. The van der Waals surface area contributed by atoms with E-state index in [0.29, 0.717) is 19.6 Å². The minimum Gasteiger partial charge on any atom is -0.481 e. The quantitative estimate of drug-likeness (QED) is 0.803. The molecule has 0 saturated carbocycles. The van der Waals surface area contributed by atoms with E-state index in [1.54, 1.807) is 0 Å². The molecule has 0 aromatic heterocycles. The van der Waals surface area contributed by atoms with E-state index in [0.717, 1.165) is 5.69 Å². The second kappa shape index (κ2) is 6.08. The van der Waals surface area contributed by atoms with Crippen molar-refractivity contribution in [3.8, 4) is 0 Å². The fourth-order valence-electron chi connectivity index (χ4n) is 1.97. The van der Waals surface area contributed by atoms with Crippen LogP contribution in [0, 0.1) is 0 Å². The summed E-state index contributed by atoms with van der Waals surface area (Å²) in [6.07, 6.45) is -0.624. The monoisotopic (exact) mass is 264 g/mol. The van der Waals surface area contributed by atoms with Crippen molar-refractivity contribution in [2.24, 2.45) is 0 Å². The molecule has 0 aliphatic carbocycles. The first-order valence-corrected chi connectivity index (χ1v) is 6.11. The number of hydrogen-bond acceptors (Lipinski definition) is 4. The van der Waals surface area contributed by atoms with Crippen LogP contribution in [0.25, 0.3) is 0 Å². The van der Waals surface area contributed by atoms with E-state index in [1.165, 1.54) is 0 Å². The van der Waals surface area contributed by atoms with Gasteiger partial charge in [-0.3, -0.25) is 4.79 Å². The number of amides is 1. The van der Waals surface area contributed by atoms with E-state index in [4.69, 9.17) is 9.84 Å². The molecule has 102 valence electrons. The lowest BCUT2D eigenvalue weighted by molar-refractivity contribution is -0.136. The highest BCUT2D eigenvalue weighted by molar-refractivity contribution is 5.69. The first kappa shape index (κ1) is 13.2. The van der Waals surface area contributed by atoms with E-state index in [-0.39, 0.29) is 12.5 Å². The van der Waals surface area contributed by atoms with Crippen molar-refractivity contribution in [2.45, 2.75) is 12.5 Å². The molecule has 1 atom stereocenters. The summed E-state index contributed by atoms with van der Waals surface area (Å²) in [5, 5.41) is 11.4. The van der Waals surface area contributed by atoms with Gasteiger partial charge in [0, 0.05) is 12.2 Å². The number of nitrogens with zero attached hydrogens (tertiary/aromatic N) is 1. The van der Waals surface area contributed by atoms with E-state index in [2.05, 4.69) is 5.32 Å². The topological polar surface area (TPSA) is 78.9 Å². The number of para-hydroxylation sites is 1. The smallest absolute Gasteiger partial charge is 0.407 e. The molecule has 19 heavy (non-hydrogen) atoms. The van der Waals surface area contributed by atoms with Crippen LogP contribution in [-0.2, 0) is 9.53 Å². The predicted octanol–water partition coefficient (Wildman–Crippen LogP) is 1.08. The molecule has 1 unspecified atom stereocenters. The molecule has 1 amide bonds. The second-order valence-electron chi connectivity index (χ2n) is 4.33. The van der Waals surface area contributed by atoms with Crippen LogP contribution >= 0.6 is 0 Å². The van der Waals surface area contributed by atoms with Gasteiger partial charge in [-0.1, -0.05) is 18.2 Å². The third kappa shape index (κ3) is 3.87. The van der Waals surface area contributed by atoms with Gasteiger partial charge in [0.2, 0.25) is 0 Å². The zero-order chi connectivity index (χ0) is 13.7. The molecule has 1 saturated heterocycles. The standard InChI is InChI=1S/C13H16N2O4/c16-12(17)6-7-15(10-4-2-1-3-5-10)9-11-8-14-13(18)19-11/h1-5,11H,6-9H2,(H,14,18)(H,16,17). The molecule has 1 aromatic carbocycles. The van der Waals surface area contributed by atoms with Crippen molar-refractivity contribution in [3.05, 3.63) is 30.3 Å². The van der Waals surface area contributed by atoms with Gasteiger partial charge >= 0.3 is 12.1 Å². The van der Waals surface area contributed by atoms with Gasteiger partial charge in [0.05, 0.1) is 19.5 Å². The molecular formula is C13H16N2O4. The molecule has 1 aliphatic rings. The Morgan fingerprint density at radius 1 is 1.42 bits per heavy atom. The van der Waals surface area contributed by atoms with E-state index in [1.807, 2.05) is 35.2 Å². The largest absolute Gasteiger partial charge is 0.481 e. The van der Waals surface area contributed by atoms with Crippen LogP contribution in [0.15, 0.2) is 30.3 Å². The highest BCUT2D eigenvalue weighted by Gasteiger charge is 2.25. The summed E-state index contributed by atoms with van der Waals surface area (Å²) in [7, 11) is 0. The predicted molar refractivity (Wildman–Crippen MR) is 69.2 cm³/mol. The number of anilines is 1. The number of carboxylic acid groups (broad SMARTS) is 1. The average Bonchev–Trinajstić information content (AvgIpc) is 2.81. The summed E-state index contributed by atoms with van der Waals surface area (Å²) >= 11 is 0. The Balaban J connectivity index is 2.01. The maximum atomic E-state index is 11.0. The summed E-state index contributed by atoms with van der Waals surface area (Å²) in [5.74, 6) is -0.845. The number of hydrogen-bond donors (Lipinski definition) is 2. The minimum absolute atomic E-state index is 0.0446. The summed E-state index contributed by atoms with van der Waals surface area (Å²) in [5.41, 5.74) is 0.923. The van der Waals surface area contributed by atoms with Crippen molar-refractivity contribution in [3.63, 3.8) is 0 Å². The van der Waals surface area contributed by atoms with Crippen LogP contribution < -0.4 is 10.2 Å². The third-order valence-corrected chi connectivity index (χ3v) is 2.89. The summed E-state index contributed by atoms with van der Waals surface area (Å²) in [6.45, 7) is 1.32. The molecule has 1 fully saturated rings. The molecular weight excluding hydrogens is 248 g/mol. The van der Waals surface area contributed by atoms with Gasteiger partial charge in [-0.15, -0.1) is 0 Å². The van der Waals surface area contributed by atoms with Gasteiger partial charge in [0.15, 0.2) is 0 Å². The Bertz CT molecular complexity index is 449. The van der Waals surface area contributed by atoms with E-state index < -0.39 is 12.1 Å².